The van der Waals surface area contributed by atoms with Gasteiger partial charge in [0.2, 0.25) is 0 Å². The van der Waals surface area contributed by atoms with Gasteiger partial charge in [0.15, 0.2) is 0 Å². The van der Waals surface area contributed by atoms with E-state index >= 15 is 0 Å². The second kappa shape index (κ2) is 5.37. The Hall–Kier alpha value is -0.0800. The Balaban J connectivity index is 1.67. The van der Waals surface area contributed by atoms with E-state index in [1.165, 1.54) is 51.6 Å². The van der Waals surface area contributed by atoms with Gasteiger partial charge in [-0.2, -0.15) is 0 Å². The van der Waals surface area contributed by atoms with Crippen molar-refractivity contribution in [3.05, 3.63) is 0 Å². The van der Waals surface area contributed by atoms with Crippen molar-refractivity contribution in [2.45, 2.75) is 71.4 Å². The van der Waals surface area contributed by atoms with E-state index < -0.39 is 0 Å². The predicted octanol–water partition coefficient (Wildman–Crippen LogP) is 3.28. The Morgan fingerprint density at radius 1 is 1.00 bits per heavy atom. The first-order valence-corrected chi connectivity index (χ1v) is 8.57. The molecule has 0 spiro atoms. The zero-order valence-corrected chi connectivity index (χ0v) is 13.1. The second-order valence-electron chi connectivity index (χ2n) is 7.97. The van der Waals surface area contributed by atoms with Crippen LogP contribution in [0.3, 0.4) is 0 Å². The molecule has 0 saturated heterocycles. The van der Waals surface area contributed by atoms with Crippen molar-refractivity contribution >= 4 is 0 Å². The standard InChI is InChI=1S/C17H32N2/c1-4-18-16-15(9-10-17(16,2)3)19(11-13-5-6-13)12-14-7-8-14/h13-16,18H,4-12H2,1-3H3. The summed E-state index contributed by atoms with van der Waals surface area (Å²) >= 11 is 0. The molecule has 0 aromatic carbocycles. The van der Waals surface area contributed by atoms with Crippen LogP contribution in [0, 0.1) is 17.3 Å². The van der Waals surface area contributed by atoms with E-state index in [1.807, 2.05) is 0 Å². The molecule has 0 amide bonds. The molecule has 110 valence electrons. The Morgan fingerprint density at radius 2 is 1.58 bits per heavy atom. The van der Waals surface area contributed by atoms with Crippen LogP contribution in [0.15, 0.2) is 0 Å². The Morgan fingerprint density at radius 3 is 2.05 bits per heavy atom. The molecule has 2 nitrogen and oxygen atoms in total. The molecule has 3 fully saturated rings. The third-order valence-corrected chi connectivity index (χ3v) is 5.58. The molecule has 3 rings (SSSR count). The van der Waals surface area contributed by atoms with E-state index in [4.69, 9.17) is 0 Å². The molecule has 3 saturated carbocycles. The van der Waals surface area contributed by atoms with Crippen molar-refractivity contribution in [2.24, 2.45) is 17.3 Å². The lowest BCUT2D eigenvalue weighted by molar-refractivity contribution is 0.134. The number of nitrogens with zero attached hydrogens (tertiary/aromatic N) is 1. The first-order chi connectivity index (χ1) is 9.10. The molecule has 3 aliphatic rings. The van der Waals surface area contributed by atoms with Gasteiger partial charge < -0.3 is 5.32 Å². The fourth-order valence-corrected chi connectivity index (χ4v) is 4.00. The molecular formula is C17H32N2. The Kier molecular flexibility index (Phi) is 3.92. The SMILES string of the molecule is CCNC1C(N(CC2CC2)CC2CC2)CCC1(C)C. The molecule has 0 aromatic heterocycles. The van der Waals surface area contributed by atoms with Crippen LogP contribution in [0.1, 0.15) is 59.3 Å². The van der Waals surface area contributed by atoms with E-state index in [0.717, 1.165) is 24.4 Å². The fraction of sp³-hybridized carbons (Fsp3) is 1.00. The minimum Gasteiger partial charge on any atom is -0.312 e. The molecule has 19 heavy (non-hydrogen) atoms. The lowest BCUT2D eigenvalue weighted by Gasteiger charge is -2.38. The van der Waals surface area contributed by atoms with E-state index in [2.05, 4.69) is 31.0 Å². The summed E-state index contributed by atoms with van der Waals surface area (Å²) in [5.41, 5.74) is 0.478. The topological polar surface area (TPSA) is 15.3 Å². The van der Waals surface area contributed by atoms with E-state index in [-0.39, 0.29) is 0 Å². The quantitative estimate of drug-likeness (QED) is 0.759. The number of likely N-dealkylation sites (N-methyl/N-ethyl adjacent to an activating group) is 1. The summed E-state index contributed by atoms with van der Waals surface area (Å²) in [6, 6.07) is 1.51. The Labute approximate surface area is 119 Å². The van der Waals surface area contributed by atoms with Gasteiger partial charge in [-0.05, 0) is 62.3 Å². The van der Waals surface area contributed by atoms with Gasteiger partial charge in [-0.3, -0.25) is 4.90 Å². The third-order valence-electron chi connectivity index (χ3n) is 5.58. The molecule has 2 atom stereocenters. The molecule has 0 heterocycles. The van der Waals surface area contributed by atoms with Crippen molar-refractivity contribution < 1.29 is 0 Å². The van der Waals surface area contributed by atoms with Crippen LogP contribution in [0.5, 0.6) is 0 Å². The van der Waals surface area contributed by atoms with Crippen LogP contribution in [0.4, 0.5) is 0 Å². The van der Waals surface area contributed by atoms with E-state index in [9.17, 15) is 0 Å². The van der Waals surface area contributed by atoms with Gasteiger partial charge in [0, 0.05) is 25.2 Å². The van der Waals surface area contributed by atoms with Gasteiger partial charge in [-0.25, -0.2) is 0 Å². The van der Waals surface area contributed by atoms with Crippen molar-refractivity contribution in [1.82, 2.24) is 10.2 Å². The van der Waals surface area contributed by atoms with Crippen molar-refractivity contribution in [1.29, 1.82) is 0 Å². The van der Waals surface area contributed by atoms with Crippen LogP contribution in [-0.2, 0) is 0 Å². The van der Waals surface area contributed by atoms with Gasteiger partial charge in [-0.1, -0.05) is 20.8 Å². The molecular weight excluding hydrogens is 232 g/mol. The summed E-state index contributed by atoms with van der Waals surface area (Å²) in [5, 5.41) is 3.81. The summed E-state index contributed by atoms with van der Waals surface area (Å²) in [5.74, 6) is 2.06. The zero-order chi connectivity index (χ0) is 13.5. The normalized spacial score (nSPS) is 34.1. The first kappa shape index (κ1) is 13.9. The average molecular weight is 264 g/mol. The molecule has 3 aliphatic carbocycles. The maximum atomic E-state index is 3.81. The molecule has 0 bridgehead atoms. The van der Waals surface area contributed by atoms with Crippen molar-refractivity contribution in [3.8, 4) is 0 Å². The highest BCUT2D eigenvalue weighted by Crippen LogP contribution is 2.43. The molecule has 1 N–H and O–H groups in total. The minimum atomic E-state index is 0.478. The van der Waals surface area contributed by atoms with Crippen LogP contribution < -0.4 is 5.32 Å². The molecule has 0 aromatic rings. The fourth-order valence-electron chi connectivity index (χ4n) is 4.00. The lowest BCUT2D eigenvalue weighted by atomic mass is 9.86. The summed E-state index contributed by atoms with van der Waals surface area (Å²) in [6.07, 6.45) is 8.75. The monoisotopic (exact) mass is 264 g/mol. The predicted molar refractivity (Wildman–Crippen MR) is 81.3 cm³/mol. The van der Waals surface area contributed by atoms with Gasteiger partial charge in [0.1, 0.15) is 0 Å². The largest absolute Gasteiger partial charge is 0.312 e. The number of nitrogens with one attached hydrogen (secondary N) is 1. The molecule has 0 aliphatic heterocycles. The number of hydrogen-bond acceptors (Lipinski definition) is 2. The maximum Gasteiger partial charge on any atom is 0.0274 e. The van der Waals surface area contributed by atoms with E-state index in [0.29, 0.717) is 11.5 Å². The smallest absolute Gasteiger partial charge is 0.0274 e. The Bertz CT molecular complexity index is 290. The maximum absolute atomic E-state index is 3.81. The van der Waals surface area contributed by atoms with Crippen molar-refractivity contribution in [3.63, 3.8) is 0 Å². The summed E-state index contributed by atoms with van der Waals surface area (Å²) in [4.78, 5) is 2.89. The summed E-state index contributed by atoms with van der Waals surface area (Å²) in [6.45, 7) is 11.1. The van der Waals surface area contributed by atoms with Gasteiger partial charge in [-0.15, -0.1) is 0 Å². The highest BCUT2D eigenvalue weighted by Gasteiger charge is 2.45. The number of hydrogen-bond donors (Lipinski definition) is 1. The highest BCUT2D eigenvalue weighted by molar-refractivity contribution is 5.02. The minimum absolute atomic E-state index is 0.478. The van der Waals surface area contributed by atoms with Crippen LogP contribution >= 0.6 is 0 Å². The van der Waals surface area contributed by atoms with Crippen LogP contribution in [0.25, 0.3) is 0 Å². The van der Waals surface area contributed by atoms with Crippen molar-refractivity contribution in [2.75, 3.05) is 19.6 Å². The van der Waals surface area contributed by atoms with E-state index in [1.54, 1.807) is 0 Å². The first-order valence-electron chi connectivity index (χ1n) is 8.57. The summed E-state index contributed by atoms with van der Waals surface area (Å²) in [7, 11) is 0. The van der Waals surface area contributed by atoms with Gasteiger partial charge >= 0.3 is 0 Å². The van der Waals surface area contributed by atoms with Crippen LogP contribution in [0.2, 0.25) is 0 Å². The van der Waals surface area contributed by atoms with Crippen LogP contribution in [-0.4, -0.2) is 36.6 Å². The van der Waals surface area contributed by atoms with Gasteiger partial charge in [0.25, 0.3) is 0 Å². The molecule has 2 unspecified atom stereocenters. The zero-order valence-electron chi connectivity index (χ0n) is 13.1. The average Bonchev–Trinajstić information content (AvgIpc) is 3.24. The lowest BCUT2D eigenvalue weighted by Crippen LogP contribution is -2.52. The second-order valence-corrected chi connectivity index (χ2v) is 7.97. The third kappa shape index (κ3) is 3.33. The van der Waals surface area contributed by atoms with Gasteiger partial charge in [0.05, 0.1) is 0 Å². The number of rotatable bonds is 7. The molecule has 2 heteroatoms. The molecule has 0 radical (unpaired) electrons. The highest BCUT2D eigenvalue weighted by atomic mass is 15.2. The summed E-state index contributed by atoms with van der Waals surface area (Å²) < 4.78 is 0.